The van der Waals surface area contributed by atoms with E-state index in [1.807, 2.05) is 0 Å². The molecule has 1 heterocycles. The summed E-state index contributed by atoms with van der Waals surface area (Å²) in [5.74, 6) is 0. The van der Waals surface area contributed by atoms with Crippen LogP contribution < -0.4 is 0 Å². The van der Waals surface area contributed by atoms with Crippen LogP contribution in [0.2, 0.25) is 0 Å². The van der Waals surface area contributed by atoms with E-state index in [-0.39, 0.29) is 0 Å². The molecule has 0 radical (unpaired) electrons. The Hall–Kier alpha value is 0.467. The first-order valence-electron chi connectivity index (χ1n) is 4.07. The summed E-state index contributed by atoms with van der Waals surface area (Å²) in [5.41, 5.74) is 0. The van der Waals surface area contributed by atoms with Crippen LogP contribution >= 0.6 is 11.1 Å². The summed E-state index contributed by atoms with van der Waals surface area (Å²) in [4.78, 5) is 0. The maximum Gasteiger partial charge on any atom is 0.198 e. The standard InChI is InChI=1S/C7H16ClNSi/c1-6-4-3-5-7(2)9(6)10-8/h6-7H,3-5,10H2,1-2H3/t6-,7+. The van der Waals surface area contributed by atoms with Crippen molar-refractivity contribution in [3.8, 4) is 0 Å². The largest absolute Gasteiger partial charge is 0.311 e. The molecule has 0 spiro atoms. The van der Waals surface area contributed by atoms with Gasteiger partial charge >= 0.3 is 0 Å². The molecular formula is C7H16ClNSi. The minimum atomic E-state index is -0.421. The predicted molar refractivity (Wildman–Crippen MR) is 49.0 cm³/mol. The van der Waals surface area contributed by atoms with Crippen LogP contribution in [-0.4, -0.2) is 25.6 Å². The Kier molecular flexibility index (Phi) is 3.20. The fraction of sp³-hybridized carbons (Fsp3) is 1.00. The van der Waals surface area contributed by atoms with Gasteiger partial charge in [-0.25, -0.2) is 0 Å². The molecule has 0 unspecified atom stereocenters. The van der Waals surface area contributed by atoms with Crippen LogP contribution in [0.3, 0.4) is 0 Å². The third kappa shape index (κ3) is 1.74. The van der Waals surface area contributed by atoms with Gasteiger partial charge in [-0.05, 0) is 12.8 Å². The monoisotopic (exact) mass is 177 g/mol. The van der Waals surface area contributed by atoms with Gasteiger partial charge in [0.2, 0.25) is 0 Å². The van der Waals surface area contributed by atoms with Gasteiger partial charge in [0.15, 0.2) is 8.99 Å². The molecule has 1 nitrogen and oxygen atoms in total. The third-order valence-electron chi connectivity index (χ3n) is 2.51. The Balaban J connectivity index is 2.45. The van der Waals surface area contributed by atoms with Crippen molar-refractivity contribution in [2.75, 3.05) is 0 Å². The SMILES string of the molecule is C[C@@H]1CCC[C@H](C)N1[SiH2]Cl. The molecule has 1 saturated heterocycles. The number of piperidine rings is 1. The number of hydrogen-bond donors (Lipinski definition) is 0. The first-order chi connectivity index (χ1) is 4.75. The van der Waals surface area contributed by atoms with Gasteiger partial charge in [0.1, 0.15) is 0 Å². The van der Waals surface area contributed by atoms with E-state index in [1.54, 1.807) is 0 Å². The highest BCUT2D eigenvalue weighted by Crippen LogP contribution is 2.21. The molecular weight excluding hydrogens is 162 g/mol. The molecule has 0 aromatic heterocycles. The van der Waals surface area contributed by atoms with Crippen LogP contribution in [0.15, 0.2) is 0 Å². The summed E-state index contributed by atoms with van der Waals surface area (Å²) < 4.78 is 2.51. The third-order valence-corrected chi connectivity index (χ3v) is 4.86. The first-order valence-corrected chi connectivity index (χ1v) is 6.84. The zero-order chi connectivity index (χ0) is 7.56. The van der Waals surface area contributed by atoms with E-state index in [0.717, 1.165) is 12.1 Å². The van der Waals surface area contributed by atoms with Gasteiger partial charge in [-0.15, -0.1) is 0 Å². The fourth-order valence-corrected chi connectivity index (χ4v) is 3.96. The molecule has 1 aliphatic rings. The lowest BCUT2D eigenvalue weighted by atomic mass is 10.0. The topological polar surface area (TPSA) is 3.24 Å². The van der Waals surface area contributed by atoms with E-state index in [4.69, 9.17) is 11.1 Å². The highest BCUT2D eigenvalue weighted by Gasteiger charge is 2.22. The highest BCUT2D eigenvalue weighted by molar-refractivity contribution is 6.92. The van der Waals surface area contributed by atoms with Gasteiger partial charge < -0.3 is 4.57 Å². The normalized spacial score (nSPS) is 37.5. The Bertz CT molecular complexity index is 99.8. The van der Waals surface area contributed by atoms with Gasteiger partial charge in [-0.1, -0.05) is 20.3 Å². The molecule has 0 bridgehead atoms. The molecule has 0 aliphatic carbocycles. The molecule has 0 aromatic carbocycles. The van der Waals surface area contributed by atoms with Gasteiger partial charge in [0.05, 0.1) is 0 Å². The zero-order valence-corrected chi connectivity index (χ0v) is 8.98. The van der Waals surface area contributed by atoms with Crippen LogP contribution in [0.4, 0.5) is 0 Å². The van der Waals surface area contributed by atoms with Gasteiger partial charge in [-0.2, -0.15) is 11.1 Å². The van der Waals surface area contributed by atoms with Crippen LogP contribution in [0, 0.1) is 0 Å². The minimum absolute atomic E-state index is 0.421. The molecule has 2 atom stereocenters. The maximum absolute atomic E-state index is 5.93. The van der Waals surface area contributed by atoms with Crippen LogP contribution in [0.1, 0.15) is 33.1 Å². The second-order valence-electron chi connectivity index (χ2n) is 3.26. The Morgan fingerprint density at radius 1 is 1.30 bits per heavy atom. The average Bonchev–Trinajstić information content (AvgIpc) is 1.88. The van der Waals surface area contributed by atoms with E-state index in [0.29, 0.717) is 0 Å². The van der Waals surface area contributed by atoms with E-state index in [9.17, 15) is 0 Å². The summed E-state index contributed by atoms with van der Waals surface area (Å²) >= 11 is 5.93. The smallest absolute Gasteiger partial charge is 0.198 e. The lowest BCUT2D eigenvalue weighted by Crippen LogP contribution is -2.44. The summed E-state index contributed by atoms with van der Waals surface area (Å²) in [6, 6.07) is 1.51. The molecule has 10 heavy (non-hydrogen) atoms. The fourth-order valence-electron chi connectivity index (χ4n) is 1.71. The molecule has 1 rings (SSSR count). The lowest BCUT2D eigenvalue weighted by molar-refractivity contribution is 0.209. The Morgan fingerprint density at radius 2 is 1.80 bits per heavy atom. The quantitative estimate of drug-likeness (QED) is 0.434. The summed E-state index contributed by atoms with van der Waals surface area (Å²) in [7, 11) is -0.421. The Morgan fingerprint density at radius 3 is 2.10 bits per heavy atom. The molecule has 3 heteroatoms. The average molecular weight is 178 g/mol. The Labute approximate surface area is 70.3 Å². The van der Waals surface area contributed by atoms with Crippen molar-refractivity contribution in [3.63, 3.8) is 0 Å². The van der Waals surface area contributed by atoms with Crippen molar-refractivity contribution in [2.24, 2.45) is 0 Å². The van der Waals surface area contributed by atoms with E-state index in [1.165, 1.54) is 19.3 Å². The van der Waals surface area contributed by atoms with Crippen LogP contribution in [0.5, 0.6) is 0 Å². The molecule has 1 aliphatic heterocycles. The van der Waals surface area contributed by atoms with Crippen molar-refractivity contribution < 1.29 is 0 Å². The maximum atomic E-state index is 5.93. The van der Waals surface area contributed by atoms with Gasteiger partial charge in [0.25, 0.3) is 0 Å². The van der Waals surface area contributed by atoms with E-state index < -0.39 is 8.99 Å². The van der Waals surface area contributed by atoms with Crippen molar-refractivity contribution in [2.45, 2.75) is 45.2 Å². The van der Waals surface area contributed by atoms with Gasteiger partial charge in [0, 0.05) is 12.1 Å². The van der Waals surface area contributed by atoms with Crippen molar-refractivity contribution in [3.05, 3.63) is 0 Å². The minimum Gasteiger partial charge on any atom is -0.311 e. The molecule has 0 N–H and O–H groups in total. The van der Waals surface area contributed by atoms with E-state index >= 15 is 0 Å². The molecule has 0 amide bonds. The summed E-state index contributed by atoms with van der Waals surface area (Å²) in [6.45, 7) is 4.59. The number of hydrogen-bond acceptors (Lipinski definition) is 1. The summed E-state index contributed by atoms with van der Waals surface area (Å²) in [6.07, 6.45) is 4.10. The first kappa shape index (κ1) is 8.56. The van der Waals surface area contributed by atoms with Crippen molar-refractivity contribution >= 4 is 20.1 Å². The lowest BCUT2D eigenvalue weighted by Gasteiger charge is -2.37. The number of nitrogens with zero attached hydrogens (tertiary/aromatic N) is 1. The predicted octanol–water partition coefficient (Wildman–Crippen LogP) is 1.49. The van der Waals surface area contributed by atoms with Gasteiger partial charge in [-0.3, -0.25) is 0 Å². The molecule has 0 aromatic rings. The molecule has 0 saturated carbocycles. The van der Waals surface area contributed by atoms with Crippen LogP contribution in [0.25, 0.3) is 0 Å². The number of rotatable bonds is 1. The second kappa shape index (κ2) is 3.74. The number of halogens is 1. The molecule has 1 fully saturated rings. The summed E-state index contributed by atoms with van der Waals surface area (Å²) in [5, 5.41) is 0. The zero-order valence-electron chi connectivity index (χ0n) is 6.81. The van der Waals surface area contributed by atoms with E-state index in [2.05, 4.69) is 18.4 Å². The van der Waals surface area contributed by atoms with Crippen LogP contribution in [-0.2, 0) is 0 Å². The second-order valence-corrected chi connectivity index (χ2v) is 4.95. The highest BCUT2D eigenvalue weighted by atomic mass is 35.6. The van der Waals surface area contributed by atoms with Crippen molar-refractivity contribution in [1.29, 1.82) is 0 Å². The molecule has 60 valence electrons. The van der Waals surface area contributed by atoms with Crippen molar-refractivity contribution in [1.82, 2.24) is 4.57 Å².